The van der Waals surface area contributed by atoms with E-state index in [0.717, 1.165) is 10.5 Å². The van der Waals surface area contributed by atoms with Gasteiger partial charge in [0, 0.05) is 17.0 Å². The molecule has 4 nitrogen and oxygen atoms in total. The third kappa shape index (κ3) is 3.11. The van der Waals surface area contributed by atoms with Crippen molar-refractivity contribution in [3.8, 4) is 0 Å². The van der Waals surface area contributed by atoms with E-state index in [4.69, 9.17) is 16.7 Å². The summed E-state index contributed by atoms with van der Waals surface area (Å²) in [7, 11) is 1.64. The molecular weight excluding hydrogens is 334 g/mol. The summed E-state index contributed by atoms with van der Waals surface area (Å²) in [6.07, 6.45) is 1.78. The number of carbonyl (C=O) groups is 2. The third-order valence-electron chi connectivity index (χ3n) is 3.45. The van der Waals surface area contributed by atoms with Crippen LogP contribution in [0.4, 0.5) is 5.69 Å². The van der Waals surface area contributed by atoms with Crippen molar-refractivity contribution in [3.05, 3.63) is 63.5 Å². The summed E-state index contributed by atoms with van der Waals surface area (Å²) in [6, 6.07) is 12.0. The molecule has 6 heteroatoms. The molecule has 1 aliphatic heterocycles. The Morgan fingerprint density at radius 2 is 2.04 bits per heavy atom. The highest BCUT2D eigenvalue weighted by Gasteiger charge is 2.27. The molecule has 0 saturated carbocycles. The van der Waals surface area contributed by atoms with Crippen LogP contribution in [0.1, 0.15) is 15.9 Å². The maximum atomic E-state index is 12.5. The van der Waals surface area contributed by atoms with Crippen molar-refractivity contribution < 1.29 is 14.7 Å². The number of nitrogens with zero attached hydrogens (tertiary/aromatic N) is 1. The number of likely N-dealkylation sites (N-methyl/N-ethyl adjacent to an activating group) is 1. The van der Waals surface area contributed by atoms with Gasteiger partial charge in [-0.05, 0) is 42.0 Å². The summed E-state index contributed by atoms with van der Waals surface area (Å²) in [5, 5.41) is 9.68. The molecule has 1 heterocycles. The van der Waals surface area contributed by atoms with Crippen molar-refractivity contribution in [2.75, 3.05) is 11.9 Å². The van der Waals surface area contributed by atoms with Gasteiger partial charge >= 0.3 is 5.97 Å². The number of thioether (sulfide) groups is 1. The van der Waals surface area contributed by atoms with E-state index in [1.165, 1.54) is 28.8 Å². The van der Waals surface area contributed by atoms with Gasteiger partial charge in [-0.25, -0.2) is 4.79 Å². The predicted octanol–water partition coefficient (Wildman–Crippen LogP) is 4.15. The van der Waals surface area contributed by atoms with Gasteiger partial charge in [0.1, 0.15) is 0 Å². The third-order valence-corrected chi connectivity index (χ3v) is 4.76. The van der Waals surface area contributed by atoms with E-state index in [1.807, 2.05) is 12.1 Å². The first-order chi connectivity index (χ1) is 11.0. The zero-order chi connectivity index (χ0) is 16.6. The number of amides is 1. The maximum Gasteiger partial charge on any atom is 0.335 e. The summed E-state index contributed by atoms with van der Waals surface area (Å²) in [4.78, 5) is 26.5. The molecule has 0 aliphatic carbocycles. The molecular formula is C17H12ClNO3S. The van der Waals surface area contributed by atoms with Gasteiger partial charge in [0.05, 0.1) is 16.2 Å². The number of fused-ring (bicyclic) bond motifs is 1. The van der Waals surface area contributed by atoms with Crippen LogP contribution in [-0.4, -0.2) is 24.0 Å². The predicted molar refractivity (Wildman–Crippen MR) is 92.1 cm³/mol. The van der Waals surface area contributed by atoms with E-state index < -0.39 is 5.97 Å². The van der Waals surface area contributed by atoms with Crippen molar-refractivity contribution in [1.82, 2.24) is 0 Å². The number of hydrogen-bond donors (Lipinski definition) is 1. The Morgan fingerprint density at radius 3 is 2.74 bits per heavy atom. The lowest BCUT2D eigenvalue weighted by atomic mass is 10.1. The molecule has 0 fully saturated rings. The molecule has 0 saturated heterocycles. The number of carbonyl (C=O) groups excluding carboxylic acids is 1. The number of aromatic carboxylic acids is 1. The summed E-state index contributed by atoms with van der Waals surface area (Å²) < 4.78 is 0. The summed E-state index contributed by atoms with van der Waals surface area (Å²) >= 11 is 7.29. The largest absolute Gasteiger partial charge is 0.478 e. The number of benzene rings is 2. The monoisotopic (exact) mass is 345 g/mol. The second-order valence-electron chi connectivity index (χ2n) is 5.02. The molecule has 23 heavy (non-hydrogen) atoms. The topological polar surface area (TPSA) is 57.6 Å². The Morgan fingerprint density at radius 1 is 1.26 bits per heavy atom. The molecule has 0 bridgehead atoms. The minimum absolute atomic E-state index is 0.159. The van der Waals surface area contributed by atoms with Gasteiger partial charge in [-0.3, -0.25) is 4.79 Å². The second-order valence-corrected chi connectivity index (χ2v) is 6.54. The van der Waals surface area contributed by atoms with Crippen LogP contribution < -0.4 is 4.90 Å². The van der Waals surface area contributed by atoms with E-state index in [1.54, 1.807) is 31.3 Å². The second kappa shape index (κ2) is 6.10. The number of halogens is 1. The maximum absolute atomic E-state index is 12.5. The van der Waals surface area contributed by atoms with Gasteiger partial charge in [0.2, 0.25) is 0 Å². The van der Waals surface area contributed by atoms with Crippen LogP contribution in [0.5, 0.6) is 0 Å². The smallest absolute Gasteiger partial charge is 0.335 e. The van der Waals surface area contributed by atoms with E-state index in [-0.39, 0.29) is 11.5 Å². The molecule has 3 rings (SSSR count). The highest BCUT2D eigenvalue weighted by atomic mass is 35.5. The fourth-order valence-corrected chi connectivity index (χ4v) is 3.57. The molecule has 0 aromatic heterocycles. The summed E-state index contributed by atoms with van der Waals surface area (Å²) in [6.45, 7) is 0. The first-order valence-corrected chi connectivity index (χ1v) is 7.95. The Hall–Kier alpha value is -2.24. The van der Waals surface area contributed by atoms with Crippen molar-refractivity contribution in [2.45, 2.75) is 4.90 Å². The van der Waals surface area contributed by atoms with Gasteiger partial charge in [0.15, 0.2) is 0 Å². The Labute approximate surface area is 142 Å². The average Bonchev–Trinajstić information content (AvgIpc) is 2.52. The highest BCUT2D eigenvalue weighted by Crippen LogP contribution is 2.42. The number of carboxylic acids is 1. The molecule has 2 aromatic rings. The lowest BCUT2D eigenvalue weighted by Gasteiger charge is -2.27. The van der Waals surface area contributed by atoms with Crippen LogP contribution in [0, 0.1) is 0 Å². The molecule has 0 unspecified atom stereocenters. The Bertz CT molecular complexity index is 847. The van der Waals surface area contributed by atoms with Crippen molar-refractivity contribution in [3.63, 3.8) is 0 Å². The average molecular weight is 346 g/mol. The van der Waals surface area contributed by atoms with Crippen LogP contribution in [0.15, 0.2) is 52.3 Å². The van der Waals surface area contributed by atoms with E-state index in [2.05, 4.69) is 0 Å². The van der Waals surface area contributed by atoms with Gasteiger partial charge < -0.3 is 10.0 Å². The number of carboxylic acid groups (broad SMARTS) is 1. The van der Waals surface area contributed by atoms with Crippen molar-refractivity contribution in [2.24, 2.45) is 0 Å². The normalized spacial score (nSPS) is 15.7. The number of hydrogen-bond acceptors (Lipinski definition) is 3. The molecule has 1 aliphatic rings. The standard InChI is InChI=1S/C17H12ClNO3S/c1-19-13-9-11(17(21)22)5-6-14(13)23-15(16(19)20)8-10-3-2-4-12(18)7-10/h2-9H,1H3,(H,21,22)/b15-8+. The molecule has 116 valence electrons. The van der Waals surface area contributed by atoms with Gasteiger partial charge in [-0.1, -0.05) is 35.5 Å². The van der Waals surface area contributed by atoms with Crippen LogP contribution in [0.25, 0.3) is 6.08 Å². The zero-order valence-corrected chi connectivity index (χ0v) is 13.7. The molecule has 0 spiro atoms. The number of anilines is 1. The molecule has 1 amide bonds. The fourth-order valence-electron chi connectivity index (χ4n) is 2.27. The minimum Gasteiger partial charge on any atom is -0.478 e. The van der Waals surface area contributed by atoms with Crippen LogP contribution >= 0.6 is 23.4 Å². The van der Waals surface area contributed by atoms with Gasteiger partial charge in [0.25, 0.3) is 5.91 Å². The van der Waals surface area contributed by atoms with Crippen LogP contribution in [0.3, 0.4) is 0 Å². The quantitative estimate of drug-likeness (QED) is 0.831. The van der Waals surface area contributed by atoms with Gasteiger partial charge in [-0.15, -0.1) is 0 Å². The Balaban J connectivity index is 2.01. The molecule has 0 radical (unpaired) electrons. The van der Waals surface area contributed by atoms with Crippen LogP contribution in [-0.2, 0) is 4.79 Å². The van der Waals surface area contributed by atoms with Gasteiger partial charge in [-0.2, -0.15) is 0 Å². The Kier molecular flexibility index (Phi) is 4.15. The first kappa shape index (κ1) is 15.6. The van der Waals surface area contributed by atoms with E-state index in [0.29, 0.717) is 15.6 Å². The lowest BCUT2D eigenvalue weighted by Crippen LogP contribution is -2.30. The van der Waals surface area contributed by atoms with Crippen molar-refractivity contribution >= 4 is 47.0 Å². The minimum atomic E-state index is -1.01. The fraction of sp³-hybridized carbons (Fsp3) is 0.0588. The SMILES string of the molecule is CN1C(=O)/C(=C\c2cccc(Cl)c2)Sc2ccc(C(=O)O)cc21. The van der Waals surface area contributed by atoms with Crippen molar-refractivity contribution in [1.29, 1.82) is 0 Å². The highest BCUT2D eigenvalue weighted by molar-refractivity contribution is 8.04. The van der Waals surface area contributed by atoms with E-state index in [9.17, 15) is 9.59 Å². The molecule has 0 atom stereocenters. The first-order valence-electron chi connectivity index (χ1n) is 6.76. The number of rotatable bonds is 2. The zero-order valence-electron chi connectivity index (χ0n) is 12.1. The molecule has 2 aromatic carbocycles. The molecule has 1 N–H and O–H groups in total. The van der Waals surface area contributed by atoms with E-state index >= 15 is 0 Å². The van der Waals surface area contributed by atoms with Crippen LogP contribution in [0.2, 0.25) is 5.02 Å². The summed E-state index contributed by atoms with van der Waals surface area (Å²) in [5.41, 5.74) is 1.60. The lowest BCUT2D eigenvalue weighted by molar-refractivity contribution is -0.114. The summed E-state index contributed by atoms with van der Waals surface area (Å²) in [5.74, 6) is -1.19.